The fourth-order valence-electron chi connectivity index (χ4n) is 2.62. The highest BCUT2D eigenvalue weighted by Gasteiger charge is 2.31. The van der Waals surface area contributed by atoms with Crippen molar-refractivity contribution in [3.05, 3.63) is 23.9 Å². The summed E-state index contributed by atoms with van der Waals surface area (Å²) in [6.45, 7) is 3.61. The van der Waals surface area contributed by atoms with Gasteiger partial charge in [0.05, 0.1) is 18.7 Å². The molecule has 2 rings (SSSR count). The minimum Gasteiger partial charge on any atom is -0.368 e. The highest BCUT2D eigenvalue weighted by atomic mass is 19.4. The van der Waals surface area contributed by atoms with Gasteiger partial charge in [-0.3, -0.25) is 0 Å². The Labute approximate surface area is 122 Å². The lowest BCUT2D eigenvalue weighted by atomic mass is 9.92. The Hall–Kier alpha value is -1.34. The fraction of sp³-hybridized carbons (Fsp3) is 0.643. The molecule has 1 saturated heterocycles. The van der Waals surface area contributed by atoms with Crippen LogP contribution in [0.5, 0.6) is 0 Å². The van der Waals surface area contributed by atoms with E-state index in [1.54, 1.807) is 7.11 Å². The van der Waals surface area contributed by atoms with Crippen LogP contribution in [0.1, 0.15) is 25.3 Å². The van der Waals surface area contributed by atoms with E-state index in [0.29, 0.717) is 18.3 Å². The first kappa shape index (κ1) is 16.0. The van der Waals surface area contributed by atoms with Crippen LogP contribution >= 0.6 is 0 Å². The molecule has 118 valence electrons. The van der Waals surface area contributed by atoms with Gasteiger partial charge in [-0.15, -0.1) is 0 Å². The zero-order valence-electron chi connectivity index (χ0n) is 12.2. The molecule has 7 heteroatoms. The number of nitrogens with one attached hydrogen (secondary N) is 1. The molecule has 1 aliphatic heterocycles. The second-order valence-corrected chi connectivity index (χ2v) is 5.32. The van der Waals surface area contributed by atoms with Gasteiger partial charge in [0.2, 0.25) is 0 Å². The summed E-state index contributed by atoms with van der Waals surface area (Å²) in [5, 5.41) is 5.01. The Morgan fingerprint density at radius 2 is 2.19 bits per heavy atom. The smallest absolute Gasteiger partial charge is 0.368 e. The van der Waals surface area contributed by atoms with E-state index in [4.69, 9.17) is 4.84 Å². The highest BCUT2D eigenvalue weighted by Crippen LogP contribution is 2.29. The van der Waals surface area contributed by atoms with Crippen LogP contribution in [0.3, 0.4) is 0 Å². The Kier molecular flexibility index (Phi) is 5.05. The Balaban J connectivity index is 1.95. The molecule has 1 aromatic rings. The minimum absolute atomic E-state index is 0.188. The predicted molar refractivity (Wildman–Crippen MR) is 73.6 cm³/mol. The summed E-state index contributed by atoms with van der Waals surface area (Å²) in [7, 11) is 1.64. The molecule has 0 saturated carbocycles. The van der Waals surface area contributed by atoms with Crippen LogP contribution in [0.15, 0.2) is 18.3 Å². The normalized spacial score (nSPS) is 24.0. The quantitative estimate of drug-likeness (QED) is 0.927. The van der Waals surface area contributed by atoms with Crippen LogP contribution in [0.25, 0.3) is 0 Å². The molecule has 0 aromatic carbocycles. The van der Waals surface area contributed by atoms with E-state index in [2.05, 4.69) is 17.2 Å². The Morgan fingerprint density at radius 1 is 1.43 bits per heavy atom. The van der Waals surface area contributed by atoms with Crippen molar-refractivity contribution in [3.8, 4) is 0 Å². The van der Waals surface area contributed by atoms with Crippen LogP contribution in [0.2, 0.25) is 0 Å². The zero-order chi connectivity index (χ0) is 15.5. The summed E-state index contributed by atoms with van der Waals surface area (Å²) < 4.78 is 37.4. The van der Waals surface area contributed by atoms with E-state index < -0.39 is 11.7 Å². The minimum atomic E-state index is -4.35. The van der Waals surface area contributed by atoms with E-state index in [9.17, 15) is 13.2 Å². The van der Waals surface area contributed by atoms with E-state index in [0.717, 1.165) is 31.6 Å². The molecular formula is C14H20F3N3O. The molecule has 1 aliphatic rings. The first-order valence-electron chi connectivity index (χ1n) is 6.99. The maximum Gasteiger partial charge on any atom is 0.417 e. The maximum absolute atomic E-state index is 12.5. The van der Waals surface area contributed by atoms with Gasteiger partial charge in [-0.25, -0.2) is 4.98 Å². The van der Waals surface area contributed by atoms with Crippen LogP contribution in [-0.4, -0.2) is 36.3 Å². The number of rotatable bonds is 4. The van der Waals surface area contributed by atoms with Gasteiger partial charge in [-0.2, -0.15) is 18.2 Å². The Morgan fingerprint density at radius 3 is 2.76 bits per heavy atom. The first-order chi connectivity index (χ1) is 9.91. The number of piperidine rings is 1. The zero-order valence-corrected chi connectivity index (χ0v) is 12.2. The third-order valence-electron chi connectivity index (χ3n) is 3.88. The number of hydrogen-bond acceptors (Lipinski definition) is 4. The van der Waals surface area contributed by atoms with Crippen molar-refractivity contribution in [2.75, 3.05) is 25.5 Å². The molecule has 1 fully saturated rings. The molecule has 0 spiro atoms. The summed E-state index contributed by atoms with van der Waals surface area (Å²) in [6.07, 6.45) is -1.30. The van der Waals surface area contributed by atoms with Gasteiger partial charge in [-0.05, 0) is 30.9 Å². The van der Waals surface area contributed by atoms with Crippen molar-refractivity contribution >= 4 is 5.82 Å². The van der Waals surface area contributed by atoms with E-state index in [1.165, 1.54) is 6.07 Å². The third-order valence-corrected chi connectivity index (χ3v) is 3.88. The average Bonchev–Trinajstić information content (AvgIpc) is 2.45. The van der Waals surface area contributed by atoms with Gasteiger partial charge in [0.15, 0.2) is 0 Å². The van der Waals surface area contributed by atoms with Crippen molar-refractivity contribution in [1.82, 2.24) is 10.0 Å². The standard InChI is InChI=1S/C14H20F3N3O/c1-10-4-3-7-20(21-2)12(10)9-19-13-6-5-11(8-18-13)14(15,16)17/h5-6,8,10,12H,3-4,7,9H2,1-2H3,(H,18,19)/t10-,12-/m1/s1. The molecular weight excluding hydrogens is 283 g/mol. The lowest BCUT2D eigenvalue weighted by Crippen LogP contribution is -2.47. The fourth-order valence-corrected chi connectivity index (χ4v) is 2.62. The summed E-state index contributed by atoms with van der Waals surface area (Å²) in [4.78, 5) is 9.17. The van der Waals surface area contributed by atoms with Crippen molar-refractivity contribution in [2.24, 2.45) is 5.92 Å². The third kappa shape index (κ3) is 4.07. The van der Waals surface area contributed by atoms with Crippen molar-refractivity contribution < 1.29 is 18.0 Å². The second kappa shape index (κ2) is 6.62. The maximum atomic E-state index is 12.5. The van der Waals surface area contributed by atoms with Crippen LogP contribution in [0.4, 0.5) is 19.0 Å². The van der Waals surface area contributed by atoms with Crippen LogP contribution in [-0.2, 0) is 11.0 Å². The number of aromatic nitrogens is 1. The van der Waals surface area contributed by atoms with Crippen molar-refractivity contribution in [3.63, 3.8) is 0 Å². The number of nitrogens with zero attached hydrogens (tertiary/aromatic N) is 2. The molecule has 0 aliphatic carbocycles. The van der Waals surface area contributed by atoms with Crippen molar-refractivity contribution in [1.29, 1.82) is 0 Å². The van der Waals surface area contributed by atoms with Crippen LogP contribution < -0.4 is 5.32 Å². The Bertz CT molecular complexity index is 450. The summed E-state index contributed by atoms with van der Waals surface area (Å²) in [5.41, 5.74) is -0.738. The molecule has 0 radical (unpaired) electrons. The molecule has 0 amide bonds. The van der Waals surface area contributed by atoms with Gasteiger partial charge >= 0.3 is 6.18 Å². The van der Waals surface area contributed by atoms with Crippen molar-refractivity contribution in [2.45, 2.75) is 32.0 Å². The lowest BCUT2D eigenvalue weighted by molar-refractivity contribution is -0.183. The molecule has 21 heavy (non-hydrogen) atoms. The van der Waals surface area contributed by atoms with Gasteiger partial charge in [0.1, 0.15) is 5.82 Å². The molecule has 0 unspecified atom stereocenters. The number of anilines is 1. The van der Waals surface area contributed by atoms with Gasteiger partial charge in [0.25, 0.3) is 0 Å². The van der Waals surface area contributed by atoms with Gasteiger partial charge in [0, 0.05) is 19.3 Å². The van der Waals surface area contributed by atoms with Gasteiger partial charge in [-0.1, -0.05) is 6.92 Å². The van der Waals surface area contributed by atoms with Crippen LogP contribution in [0, 0.1) is 5.92 Å². The summed E-state index contributed by atoms with van der Waals surface area (Å²) in [5.74, 6) is 0.900. The number of pyridine rings is 1. The van der Waals surface area contributed by atoms with E-state index >= 15 is 0 Å². The predicted octanol–water partition coefficient (Wildman–Crippen LogP) is 3.17. The molecule has 1 aromatic heterocycles. The van der Waals surface area contributed by atoms with E-state index in [1.807, 2.05) is 5.06 Å². The highest BCUT2D eigenvalue weighted by molar-refractivity contribution is 5.36. The molecule has 4 nitrogen and oxygen atoms in total. The number of hydrogen-bond donors (Lipinski definition) is 1. The topological polar surface area (TPSA) is 37.4 Å². The SMILES string of the molecule is CON1CCC[C@@H](C)[C@H]1CNc1ccc(C(F)(F)F)cn1. The number of halogens is 3. The molecule has 1 N–H and O–H groups in total. The van der Waals surface area contributed by atoms with Gasteiger partial charge < -0.3 is 10.2 Å². The molecule has 2 heterocycles. The second-order valence-electron chi connectivity index (χ2n) is 5.32. The number of alkyl halides is 3. The summed E-state index contributed by atoms with van der Waals surface area (Å²) in [6, 6.07) is 2.58. The average molecular weight is 303 g/mol. The van der Waals surface area contributed by atoms with E-state index in [-0.39, 0.29) is 6.04 Å². The molecule has 0 bridgehead atoms. The molecule has 2 atom stereocenters. The first-order valence-corrected chi connectivity index (χ1v) is 6.99. The largest absolute Gasteiger partial charge is 0.417 e. The summed E-state index contributed by atoms with van der Waals surface area (Å²) >= 11 is 0. The monoisotopic (exact) mass is 303 g/mol. The number of hydroxylamine groups is 2. The lowest BCUT2D eigenvalue weighted by Gasteiger charge is -2.38.